The molecule has 2 aromatic heterocycles. The third-order valence-electron chi connectivity index (χ3n) is 5.60. The van der Waals surface area contributed by atoms with E-state index in [4.69, 9.17) is 9.72 Å². The van der Waals surface area contributed by atoms with E-state index in [0.29, 0.717) is 28.5 Å². The zero-order valence-corrected chi connectivity index (χ0v) is 19.3. The van der Waals surface area contributed by atoms with Crippen molar-refractivity contribution in [2.75, 3.05) is 7.11 Å². The minimum atomic E-state index is -0.414. The average Bonchev–Trinajstić information content (AvgIpc) is 3.30. The average molecular weight is 472 g/mol. The van der Waals surface area contributed by atoms with Crippen molar-refractivity contribution in [3.05, 3.63) is 112 Å². The zero-order chi connectivity index (χ0) is 23.5. The van der Waals surface area contributed by atoms with Crippen LogP contribution in [0.25, 0.3) is 22.2 Å². The molecule has 5 nitrogen and oxygen atoms in total. The van der Waals surface area contributed by atoms with Crippen LogP contribution in [-0.4, -0.2) is 21.6 Å². The van der Waals surface area contributed by atoms with E-state index in [0.717, 1.165) is 22.3 Å². The van der Waals surface area contributed by atoms with Gasteiger partial charge in [-0.05, 0) is 28.8 Å². The van der Waals surface area contributed by atoms with Gasteiger partial charge in [0.1, 0.15) is 11.0 Å². The van der Waals surface area contributed by atoms with Crippen molar-refractivity contribution >= 4 is 22.8 Å². The molecule has 0 amide bonds. The molecule has 0 saturated carbocycles. The Bertz CT molecular complexity index is 1500. The lowest BCUT2D eigenvalue weighted by atomic mass is 10.1. The lowest BCUT2D eigenvalue weighted by molar-refractivity contribution is 0.386. The van der Waals surface area contributed by atoms with Crippen LogP contribution in [0.1, 0.15) is 11.1 Å². The van der Waals surface area contributed by atoms with Gasteiger partial charge in [-0.2, -0.15) is 0 Å². The van der Waals surface area contributed by atoms with Gasteiger partial charge in [0, 0.05) is 17.5 Å². The largest absolute Gasteiger partial charge is 0.494 e. The molecule has 3 aromatic carbocycles. The Hall–Kier alpha value is -3.84. The molecule has 0 unspecified atom stereocenters. The normalized spacial score (nSPS) is 11.1. The number of ether oxygens (including phenoxy) is 1. The van der Waals surface area contributed by atoms with Crippen molar-refractivity contribution in [3.63, 3.8) is 0 Å². The smallest absolute Gasteiger partial charge is 0.278 e. The highest BCUT2D eigenvalue weighted by molar-refractivity contribution is 7.98. The maximum Gasteiger partial charge on any atom is 0.278 e. The number of nitrogens with zero attached hydrogens (tertiary/aromatic N) is 2. The third kappa shape index (κ3) is 4.34. The van der Waals surface area contributed by atoms with Crippen LogP contribution in [0, 0.1) is 5.82 Å². The third-order valence-corrected chi connectivity index (χ3v) is 6.65. The molecule has 170 valence electrons. The quantitative estimate of drug-likeness (QED) is 0.238. The Labute approximate surface area is 200 Å². The molecular weight excluding hydrogens is 449 g/mol. The highest BCUT2D eigenvalue weighted by Gasteiger charge is 2.17. The molecule has 0 fully saturated rings. The number of benzene rings is 3. The standard InChI is InChI=1S/C27H22FN3O2S/c1-33-23-13-12-19(14-22(23)28)17-34-27-30-24-21(20-10-6-3-7-11-20)15-29-25(24)26(32)31(27)16-18-8-4-2-5-9-18/h2-15,29H,16-17H2,1H3. The number of fused-ring (bicyclic) bond motifs is 1. The van der Waals surface area contributed by atoms with Gasteiger partial charge in [-0.1, -0.05) is 78.5 Å². The Balaban J connectivity index is 1.58. The summed E-state index contributed by atoms with van der Waals surface area (Å²) < 4.78 is 20.9. The number of nitrogens with one attached hydrogen (secondary N) is 1. The monoisotopic (exact) mass is 471 g/mol. The maximum absolute atomic E-state index is 14.2. The van der Waals surface area contributed by atoms with Crippen molar-refractivity contribution < 1.29 is 9.13 Å². The van der Waals surface area contributed by atoms with Gasteiger partial charge >= 0.3 is 0 Å². The molecule has 0 aliphatic carbocycles. The number of hydrogen-bond donors (Lipinski definition) is 1. The van der Waals surface area contributed by atoms with Gasteiger partial charge in [0.15, 0.2) is 16.7 Å². The van der Waals surface area contributed by atoms with Gasteiger partial charge in [-0.3, -0.25) is 9.36 Å². The van der Waals surface area contributed by atoms with Gasteiger partial charge < -0.3 is 9.72 Å². The topological polar surface area (TPSA) is 59.9 Å². The van der Waals surface area contributed by atoms with Crippen LogP contribution in [0.4, 0.5) is 4.39 Å². The fourth-order valence-electron chi connectivity index (χ4n) is 3.87. The fourth-order valence-corrected chi connectivity index (χ4v) is 4.81. The van der Waals surface area contributed by atoms with Crippen LogP contribution in [-0.2, 0) is 12.3 Å². The highest BCUT2D eigenvalue weighted by atomic mass is 32.2. The van der Waals surface area contributed by atoms with Gasteiger partial charge in [0.2, 0.25) is 0 Å². The highest BCUT2D eigenvalue weighted by Crippen LogP contribution is 2.29. The number of aromatic nitrogens is 3. The number of hydrogen-bond acceptors (Lipinski definition) is 4. The Morgan fingerprint density at radius 3 is 2.44 bits per heavy atom. The van der Waals surface area contributed by atoms with Gasteiger partial charge in [-0.15, -0.1) is 0 Å². The predicted octanol–water partition coefficient (Wildman–Crippen LogP) is 5.88. The lowest BCUT2D eigenvalue weighted by Crippen LogP contribution is -2.24. The number of halogens is 1. The van der Waals surface area contributed by atoms with Gasteiger partial charge in [-0.25, -0.2) is 9.37 Å². The van der Waals surface area contributed by atoms with Crippen LogP contribution in [0.3, 0.4) is 0 Å². The molecule has 34 heavy (non-hydrogen) atoms. The van der Waals surface area contributed by atoms with Crippen LogP contribution < -0.4 is 10.3 Å². The Morgan fingerprint density at radius 2 is 1.74 bits per heavy atom. The summed E-state index contributed by atoms with van der Waals surface area (Å²) in [6.45, 7) is 0.390. The van der Waals surface area contributed by atoms with E-state index in [1.54, 1.807) is 10.6 Å². The van der Waals surface area contributed by atoms with Crippen molar-refractivity contribution in [1.82, 2.24) is 14.5 Å². The summed E-state index contributed by atoms with van der Waals surface area (Å²) in [5.74, 6) is 0.246. The number of H-pyrrole nitrogens is 1. The molecule has 5 rings (SSSR count). The van der Waals surface area contributed by atoms with E-state index in [2.05, 4.69) is 4.98 Å². The fraction of sp³-hybridized carbons (Fsp3) is 0.111. The summed E-state index contributed by atoms with van der Waals surface area (Å²) in [4.78, 5) is 21.6. The van der Waals surface area contributed by atoms with E-state index in [1.807, 2.05) is 72.9 Å². The molecular formula is C27H22FN3O2S. The number of rotatable bonds is 7. The second kappa shape index (κ2) is 9.57. The van der Waals surface area contributed by atoms with Crippen molar-refractivity contribution in [2.24, 2.45) is 0 Å². The van der Waals surface area contributed by atoms with Crippen LogP contribution in [0.15, 0.2) is 95.0 Å². The van der Waals surface area contributed by atoms with Crippen molar-refractivity contribution in [2.45, 2.75) is 17.5 Å². The minimum Gasteiger partial charge on any atom is -0.494 e. The molecule has 5 aromatic rings. The summed E-state index contributed by atoms with van der Waals surface area (Å²) >= 11 is 1.41. The van der Waals surface area contributed by atoms with Crippen molar-refractivity contribution in [1.29, 1.82) is 0 Å². The van der Waals surface area contributed by atoms with Gasteiger partial charge in [0.05, 0.1) is 13.7 Å². The summed E-state index contributed by atoms with van der Waals surface area (Å²) in [5.41, 5.74) is 4.59. The summed E-state index contributed by atoms with van der Waals surface area (Å²) in [5, 5.41) is 0.578. The lowest BCUT2D eigenvalue weighted by Gasteiger charge is -2.13. The first-order valence-corrected chi connectivity index (χ1v) is 11.8. The number of thioether (sulfide) groups is 1. The summed E-state index contributed by atoms with van der Waals surface area (Å²) in [6, 6.07) is 24.5. The first-order chi connectivity index (χ1) is 16.6. The van der Waals surface area contributed by atoms with E-state index < -0.39 is 5.82 Å². The summed E-state index contributed by atoms with van der Waals surface area (Å²) in [7, 11) is 1.44. The molecule has 0 radical (unpaired) electrons. The van der Waals surface area contributed by atoms with E-state index in [-0.39, 0.29) is 11.3 Å². The second-order valence-electron chi connectivity index (χ2n) is 7.82. The molecule has 0 aliphatic rings. The second-order valence-corrected chi connectivity index (χ2v) is 8.76. The first-order valence-electron chi connectivity index (χ1n) is 10.8. The summed E-state index contributed by atoms with van der Waals surface area (Å²) in [6.07, 6.45) is 1.83. The molecule has 1 N–H and O–H groups in total. The molecule has 2 heterocycles. The minimum absolute atomic E-state index is 0.139. The van der Waals surface area contributed by atoms with E-state index in [9.17, 15) is 9.18 Å². The van der Waals surface area contributed by atoms with Crippen LogP contribution >= 0.6 is 11.8 Å². The number of methoxy groups -OCH3 is 1. The molecule has 0 spiro atoms. The maximum atomic E-state index is 14.2. The zero-order valence-electron chi connectivity index (χ0n) is 18.5. The van der Waals surface area contributed by atoms with E-state index >= 15 is 0 Å². The first kappa shape index (κ1) is 22.0. The Kier molecular flexibility index (Phi) is 6.18. The number of aromatic amines is 1. The van der Waals surface area contributed by atoms with Crippen molar-refractivity contribution in [3.8, 4) is 16.9 Å². The molecule has 7 heteroatoms. The SMILES string of the molecule is COc1ccc(CSc2nc3c(-c4ccccc4)c[nH]c3c(=O)n2Cc2ccccc2)cc1F. The van der Waals surface area contributed by atoms with Crippen LogP contribution in [0.2, 0.25) is 0 Å². The molecule has 0 bridgehead atoms. The van der Waals surface area contributed by atoms with Crippen LogP contribution in [0.5, 0.6) is 5.75 Å². The van der Waals surface area contributed by atoms with E-state index in [1.165, 1.54) is 24.9 Å². The van der Waals surface area contributed by atoms with Gasteiger partial charge in [0.25, 0.3) is 5.56 Å². The molecule has 0 atom stereocenters. The molecule has 0 saturated heterocycles. The Morgan fingerprint density at radius 1 is 1.00 bits per heavy atom. The molecule has 0 aliphatic heterocycles. The predicted molar refractivity (Wildman–Crippen MR) is 134 cm³/mol.